The van der Waals surface area contributed by atoms with Gasteiger partial charge in [0.1, 0.15) is 6.61 Å². The van der Waals surface area contributed by atoms with Gasteiger partial charge in [0.25, 0.3) is 0 Å². The predicted molar refractivity (Wildman–Crippen MR) is 47.1 cm³/mol. The van der Waals surface area contributed by atoms with Crippen LogP contribution in [-0.4, -0.2) is 6.61 Å². The molecule has 0 aliphatic carbocycles. The van der Waals surface area contributed by atoms with Gasteiger partial charge in [-0.25, -0.2) is 4.39 Å². The van der Waals surface area contributed by atoms with Gasteiger partial charge in [-0.1, -0.05) is 11.6 Å². The molecule has 0 bridgehead atoms. The summed E-state index contributed by atoms with van der Waals surface area (Å²) in [5, 5.41) is 8.54. The average Bonchev–Trinajstić information content (AvgIpc) is 2.09. The molecule has 0 heterocycles. The third-order valence-electron chi connectivity index (χ3n) is 1.37. The Kier molecular flexibility index (Phi) is 3.53. The van der Waals surface area contributed by atoms with Crippen LogP contribution >= 0.6 is 11.6 Å². The Morgan fingerprint density at radius 2 is 2.31 bits per heavy atom. The van der Waals surface area contributed by atoms with Crippen LogP contribution in [0.1, 0.15) is 6.42 Å². The van der Waals surface area contributed by atoms with Crippen molar-refractivity contribution in [3.8, 4) is 11.8 Å². The van der Waals surface area contributed by atoms with Crippen LogP contribution in [0.3, 0.4) is 0 Å². The van der Waals surface area contributed by atoms with E-state index in [9.17, 15) is 4.39 Å². The van der Waals surface area contributed by atoms with Gasteiger partial charge < -0.3 is 4.74 Å². The second-order valence-corrected chi connectivity index (χ2v) is 2.77. The van der Waals surface area contributed by atoms with Crippen LogP contribution < -0.4 is 4.74 Å². The van der Waals surface area contributed by atoms with Crippen molar-refractivity contribution in [3.63, 3.8) is 0 Å². The molecular formula is C9H7ClFNO. The van der Waals surface area contributed by atoms with E-state index in [-0.39, 0.29) is 18.8 Å². The van der Waals surface area contributed by atoms with Crippen molar-refractivity contribution in [1.29, 1.82) is 5.26 Å². The van der Waals surface area contributed by atoms with E-state index in [0.717, 1.165) is 0 Å². The second kappa shape index (κ2) is 4.68. The van der Waals surface area contributed by atoms with Crippen LogP contribution in [0.5, 0.6) is 5.75 Å². The summed E-state index contributed by atoms with van der Waals surface area (Å²) in [6, 6.07) is 6.04. The molecular weight excluding hydrogens is 193 g/mol. The van der Waals surface area contributed by atoms with Gasteiger partial charge in [-0.3, -0.25) is 0 Å². The highest BCUT2D eigenvalue weighted by Gasteiger charge is 2.02. The molecule has 0 saturated heterocycles. The van der Waals surface area contributed by atoms with Crippen molar-refractivity contribution in [3.05, 3.63) is 29.0 Å². The van der Waals surface area contributed by atoms with Gasteiger partial charge in [0.15, 0.2) is 11.6 Å². The molecule has 0 aliphatic rings. The average molecular weight is 200 g/mol. The Bertz CT molecular complexity index is 335. The molecule has 1 aromatic rings. The highest BCUT2D eigenvalue weighted by molar-refractivity contribution is 6.30. The van der Waals surface area contributed by atoms with Gasteiger partial charge in [0.2, 0.25) is 0 Å². The summed E-state index contributed by atoms with van der Waals surface area (Å²) in [5.41, 5.74) is 0. The number of ether oxygens (including phenoxy) is 1. The monoisotopic (exact) mass is 199 g/mol. The number of nitrogens with zero attached hydrogens (tertiary/aromatic N) is 1. The first kappa shape index (κ1) is 9.82. The molecule has 0 aromatic heterocycles. The highest BCUT2D eigenvalue weighted by Crippen LogP contribution is 2.20. The molecule has 1 aromatic carbocycles. The number of benzene rings is 1. The summed E-state index contributed by atoms with van der Waals surface area (Å²) in [6.07, 6.45) is 0.238. The molecule has 0 amide bonds. The van der Waals surface area contributed by atoms with Gasteiger partial charge in [-0.2, -0.15) is 5.26 Å². The fourth-order valence-corrected chi connectivity index (χ4v) is 0.958. The van der Waals surface area contributed by atoms with E-state index in [1.54, 1.807) is 0 Å². The second-order valence-electron chi connectivity index (χ2n) is 2.33. The molecule has 1 rings (SSSR count). The van der Waals surface area contributed by atoms with Gasteiger partial charge in [-0.15, -0.1) is 0 Å². The lowest BCUT2D eigenvalue weighted by molar-refractivity contribution is 0.309. The van der Waals surface area contributed by atoms with Crippen LogP contribution in [0, 0.1) is 17.1 Å². The number of nitriles is 1. The first-order chi connectivity index (χ1) is 6.24. The molecule has 0 unspecified atom stereocenters. The fraction of sp³-hybridized carbons (Fsp3) is 0.222. The first-order valence-corrected chi connectivity index (χ1v) is 4.06. The van der Waals surface area contributed by atoms with Crippen LogP contribution in [-0.2, 0) is 0 Å². The Morgan fingerprint density at radius 1 is 1.54 bits per heavy atom. The van der Waals surface area contributed by atoms with Gasteiger partial charge in [0, 0.05) is 5.02 Å². The van der Waals surface area contributed by atoms with Crippen molar-refractivity contribution in [2.75, 3.05) is 6.61 Å². The standard InChI is InChI=1S/C9H7ClFNO/c10-7-2-3-9(8(11)6-7)13-5-1-4-12/h2-3,6H,1,5H2. The molecule has 0 fully saturated rings. The Morgan fingerprint density at radius 3 is 2.92 bits per heavy atom. The number of halogens is 2. The molecule has 0 N–H and O–H groups in total. The molecule has 0 atom stereocenters. The lowest BCUT2D eigenvalue weighted by Crippen LogP contribution is -1.97. The molecule has 0 aliphatic heterocycles. The first-order valence-electron chi connectivity index (χ1n) is 3.69. The van der Waals surface area contributed by atoms with Gasteiger partial charge in [-0.05, 0) is 18.2 Å². The van der Waals surface area contributed by atoms with Crippen molar-refractivity contribution in [2.45, 2.75) is 6.42 Å². The van der Waals surface area contributed by atoms with Crippen LogP contribution in [0.2, 0.25) is 5.02 Å². The fourth-order valence-electron chi connectivity index (χ4n) is 0.799. The zero-order valence-electron chi connectivity index (χ0n) is 6.76. The molecule has 2 nitrogen and oxygen atoms in total. The minimum Gasteiger partial charge on any atom is -0.489 e. The van der Waals surface area contributed by atoms with E-state index in [2.05, 4.69) is 0 Å². The van der Waals surface area contributed by atoms with E-state index in [1.807, 2.05) is 6.07 Å². The maximum Gasteiger partial charge on any atom is 0.166 e. The molecule has 0 spiro atoms. The summed E-state index contributed by atoms with van der Waals surface area (Å²) < 4.78 is 18.0. The molecule has 0 radical (unpaired) electrons. The normalized spacial score (nSPS) is 9.31. The smallest absolute Gasteiger partial charge is 0.166 e. The Balaban J connectivity index is 2.62. The van der Waals surface area contributed by atoms with E-state index >= 15 is 0 Å². The zero-order valence-corrected chi connectivity index (χ0v) is 7.51. The lowest BCUT2D eigenvalue weighted by Gasteiger charge is -2.04. The van der Waals surface area contributed by atoms with E-state index in [1.165, 1.54) is 18.2 Å². The van der Waals surface area contributed by atoms with Crippen LogP contribution in [0.15, 0.2) is 18.2 Å². The van der Waals surface area contributed by atoms with Gasteiger partial charge >= 0.3 is 0 Å². The molecule has 13 heavy (non-hydrogen) atoms. The summed E-state index contributed by atoms with van der Waals surface area (Å²) in [4.78, 5) is 0. The Hall–Kier alpha value is -1.27. The third-order valence-corrected chi connectivity index (χ3v) is 1.60. The van der Waals surface area contributed by atoms with Crippen molar-refractivity contribution >= 4 is 11.6 Å². The molecule has 4 heteroatoms. The van der Waals surface area contributed by atoms with E-state index in [4.69, 9.17) is 21.6 Å². The van der Waals surface area contributed by atoms with Crippen molar-refractivity contribution in [2.24, 2.45) is 0 Å². The van der Waals surface area contributed by atoms with E-state index in [0.29, 0.717) is 5.02 Å². The van der Waals surface area contributed by atoms with Crippen LogP contribution in [0.25, 0.3) is 0 Å². The Labute approximate surface area is 80.5 Å². The molecule has 68 valence electrons. The zero-order chi connectivity index (χ0) is 9.68. The van der Waals surface area contributed by atoms with Gasteiger partial charge in [0.05, 0.1) is 12.5 Å². The summed E-state index contributed by atoms with van der Waals surface area (Å²) in [7, 11) is 0. The third kappa shape index (κ3) is 2.92. The van der Waals surface area contributed by atoms with Crippen molar-refractivity contribution in [1.82, 2.24) is 0 Å². The largest absolute Gasteiger partial charge is 0.489 e. The number of hydrogen-bond acceptors (Lipinski definition) is 2. The van der Waals surface area contributed by atoms with E-state index < -0.39 is 5.82 Å². The number of hydrogen-bond donors (Lipinski definition) is 0. The maximum atomic E-state index is 13.0. The molecule has 0 saturated carbocycles. The minimum atomic E-state index is -0.509. The van der Waals surface area contributed by atoms with Crippen LogP contribution in [0.4, 0.5) is 4.39 Å². The summed E-state index contributed by atoms with van der Waals surface area (Å²) in [6.45, 7) is 0.190. The maximum absolute atomic E-state index is 13.0. The van der Waals surface area contributed by atoms with Crippen molar-refractivity contribution < 1.29 is 9.13 Å². The minimum absolute atomic E-state index is 0.125. The lowest BCUT2D eigenvalue weighted by atomic mass is 10.3. The SMILES string of the molecule is N#CCCOc1ccc(Cl)cc1F. The predicted octanol–water partition coefficient (Wildman–Crippen LogP) is 2.77. The summed E-state index contributed by atoms with van der Waals surface area (Å²) >= 11 is 5.53. The highest BCUT2D eigenvalue weighted by atomic mass is 35.5. The number of rotatable bonds is 3. The summed E-state index contributed by atoms with van der Waals surface area (Å²) in [5.74, 6) is -0.384. The quantitative estimate of drug-likeness (QED) is 0.702. The topological polar surface area (TPSA) is 33.0 Å².